The van der Waals surface area contributed by atoms with Crippen molar-refractivity contribution in [3.05, 3.63) is 53.3 Å². The molecule has 3 nitrogen and oxygen atoms in total. The SMILES string of the molecule is COc1ccc(C#N)c(Oc2ccc(F)c(C)c2)c1. The molecule has 0 aliphatic carbocycles. The summed E-state index contributed by atoms with van der Waals surface area (Å²) >= 11 is 0. The quantitative estimate of drug-likeness (QED) is 0.839. The Kier molecular flexibility index (Phi) is 3.67. The molecule has 0 heterocycles. The number of benzene rings is 2. The van der Waals surface area contributed by atoms with Crippen molar-refractivity contribution in [2.24, 2.45) is 0 Å². The molecule has 2 aromatic rings. The number of hydrogen-bond donors (Lipinski definition) is 0. The summed E-state index contributed by atoms with van der Waals surface area (Å²) in [5.74, 6) is 1.16. The molecule has 0 saturated carbocycles. The van der Waals surface area contributed by atoms with Crippen LogP contribution in [0, 0.1) is 24.1 Å². The molecule has 0 radical (unpaired) electrons. The fraction of sp³-hybridized carbons (Fsp3) is 0.133. The van der Waals surface area contributed by atoms with Crippen LogP contribution in [0.1, 0.15) is 11.1 Å². The molecule has 0 bridgehead atoms. The molecule has 4 heteroatoms. The minimum Gasteiger partial charge on any atom is -0.497 e. The number of nitrogens with zero attached hydrogens (tertiary/aromatic N) is 1. The van der Waals surface area contributed by atoms with E-state index in [9.17, 15) is 4.39 Å². The lowest BCUT2D eigenvalue weighted by atomic mass is 10.2. The van der Waals surface area contributed by atoms with E-state index in [0.29, 0.717) is 28.4 Å². The molecule has 0 spiro atoms. The smallest absolute Gasteiger partial charge is 0.148 e. The monoisotopic (exact) mass is 257 g/mol. The van der Waals surface area contributed by atoms with E-state index in [2.05, 4.69) is 0 Å². The zero-order chi connectivity index (χ0) is 13.8. The lowest BCUT2D eigenvalue weighted by molar-refractivity contribution is 0.408. The van der Waals surface area contributed by atoms with Gasteiger partial charge in [-0.05, 0) is 42.8 Å². The first kappa shape index (κ1) is 12.9. The maximum atomic E-state index is 13.2. The standard InChI is InChI=1S/C15H12FNO2/c1-10-7-13(5-6-14(10)16)19-15-8-12(18-2)4-3-11(15)9-17/h3-8H,1-2H3. The lowest BCUT2D eigenvalue weighted by Crippen LogP contribution is -1.92. The molecule has 19 heavy (non-hydrogen) atoms. The zero-order valence-corrected chi connectivity index (χ0v) is 10.6. The molecule has 0 aliphatic rings. The first-order valence-electron chi connectivity index (χ1n) is 5.66. The van der Waals surface area contributed by atoms with Crippen molar-refractivity contribution in [2.45, 2.75) is 6.92 Å². The lowest BCUT2D eigenvalue weighted by Gasteiger charge is -2.09. The highest BCUT2D eigenvalue weighted by molar-refractivity contribution is 5.49. The van der Waals surface area contributed by atoms with Crippen molar-refractivity contribution in [3.63, 3.8) is 0 Å². The molecule has 2 rings (SSSR count). The van der Waals surface area contributed by atoms with Gasteiger partial charge in [0.1, 0.15) is 29.1 Å². The first-order chi connectivity index (χ1) is 9.13. The Morgan fingerprint density at radius 1 is 1.11 bits per heavy atom. The van der Waals surface area contributed by atoms with E-state index in [1.165, 1.54) is 19.2 Å². The fourth-order valence-electron chi connectivity index (χ4n) is 1.61. The molecule has 96 valence electrons. The van der Waals surface area contributed by atoms with Crippen LogP contribution in [-0.2, 0) is 0 Å². The minimum atomic E-state index is -0.293. The maximum Gasteiger partial charge on any atom is 0.148 e. The molecule has 0 aliphatic heterocycles. The van der Waals surface area contributed by atoms with Crippen LogP contribution in [-0.4, -0.2) is 7.11 Å². The van der Waals surface area contributed by atoms with Crippen molar-refractivity contribution < 1.29 is 13.9 Å². The average Bonchev–Trinajstić information content (AvgIpc) is 2.43. The van der Waals surface area contributed by atoms with Crippen LogP contribution in [0.15, 0.2) is 36.4 Å². The Labute approximate surface area is 110 Å². The summed E-state index contributed by atoms with van der Waals surface area (Å²) in [5, 5.41) is 9.03. The molecule has 0 N–H and O–H groups in total. The number of nitriles is 1. The third-order valence-electron chi connectivity index (χ3n) is 2.67. The van der Waals surface area contributed by atoms with E-state index in [1.54, 1.807) is 31.2 Å². The number of ether oxygens (including phenoxy) is 2. The van der Waals surface area contributed by atoms with Crippen molar-refractivity contribution in [3.8, 4) is 23.3 Å². The van der Waals surface area contributed by atoms with Gasteiger partial charge < -0.3 is 9.47 Å². The van der Waals surface area contributed by atoms with Gasteiger partial charge in [0.25, 0.3) is 0 Å². The van der Waals surface area contributed by atoms with E-state index < -0.39 is 0 Å². The van der Waals surface area contributed by atoms with Gasteiger partial charge in [-0.3, -0.25) is 0 Å². The van der Waals surface area contributed by atoms with Gasteiger partial charge in [-0.1, -0.05) is 0 Å². The van der Waals surface area contributed by atoms with Gasteiger partial charge in [-0.2, -0.15) is 5.26 Å². The predicted octanol–water partition coefficient (Wildman–Crippen LogP) is 3.81. The molecule has 0 unspecified atom stereocenters. The molecular weight excluding hydrogens is 245 g/mol. The zero-order valence-electron chi connectivity index (χ0n) is 10.6. The summed E-state index contributed by atoms with van der Waals surface area (Å²) < 4.78 is 23.9. The number of rotatable bonds is 3. The van der Waals surface area contributed by atoms with Crippen molar-refractivity contribution in [2.75, 3.05) is 7.11 Å². The molecule has 0 fully saturated rings. The number of halogens is 1. The van der Waals surface area contributed by atoms with Gasteiger partial charge in [-0.15, -0.1) is 0 Å². The summed E-state index contributed by atoms with van der Waals surface area (Å²) in [6, 6.07) is 11.4. The van der Waals surface area contributed by atoms with Crippen LogP contribution in [0.5, 0.6) is 17.2 Å². The minimum absolute atomic E-state index is 0.293. The van der Waals surface area contributed by atoms with Crippen molar-refractivity contribution in [1.82, 2.24) is 0 Å². The third-order valence-corrected chi connectivity index (χ3v) is 2.67. The normalized spacial score (nSPS) is 9.79. The van der Waals surface area contributed by atoms with Crippen LogP contribution in [0.4, 0.5) is 4.39 Å². The molecule has 2 aromatic carbocycles. The van der Waals surface area contributed by atoms with E-state index >= 15 is 0 Å². The van der Waals surface area contributed by atoms with Gasteiger partial charge in [0, 0.05) is 6.07 Å². The van der Waals surface area contributed by atoms with Crippen LogP contribution in [0.25, 0.3) is 0 Å². The summed E-state index contributed by atoms with van der Waals surface area (Å²) in [6.07, 6.45) is 0. The molecule has 0 atom stereocenters. The average molecular weight is 257 g/mol. The predicted molar refractivity (Wildman–Crippen MR) is 68.9 cm³/mol. The van der Waals surface area contributed by atoms with Gasteiger partial charge in [0.05, 0.1) is 12.7 Å². The molecule has 0 amide bonds. The Morgan fingerprint density at radius 3 is 2.47 bits per heavy atom. The molecular formula is C15H12FNO2. The highest BCUT2D eigenvalue weighted by Gasteiger charge is 2.08. The van der Waals surface area contributed by atoms with E-state index in [4.69, 9.17) is 14.7 Å². The van der Waals surface area contributed by atoms with Crippen LogP contribution < -0.4 is 9.47 Å². The van der Waals surface area contributed by atoms with Crippen LogP contribution >= 0.6 is 0 Å². The largest absolute Gasteiger partial charge is 0.497 e. The highest BCUT2D eigenvalue weighted by Crippen LogP contribution is 2.29. The van der Waals surface area contributed by atoms with Gasteiger partial charge in [0.15, 0.2) is 0 Å². The Bertz CT molecular complexity index is 647. The molecule has 0 saturated heterocycles. The summed E-state index contributed by atoms with van der Waals surface area (Å²) in [5.41, 5.74) is 0.877. The van der Waals surface area contributed by atoms with E-state index in [-0.39, 0.29) is 5.82 Å². The van der Waals surface area contributed by atoms with E-state index in [1.807, 2.05) is 6.07 Å². The molecule has 0 aromatic heterocycles. The second kappa shape index (κ2) is 5.40. The van der Waals surface area contributed by atoms with E-state index in [0.717, 1.165) is 0 Å². The van der Waals surface area contributed by atoms with Crippen molar-refractivity contribution in [1.29, 1.82) is 5.26 Å². The summed E-state index contributed by atoms with van der Waals surface area (Å²) in [6.45, 7) is 1.65. The Balaban J connectivity index is 2.36. The van der Waals surface area contributed by atoms with Gasteiger partial charge in [0.2, 0.25) is 0 Å². The van der Waals surface area contributed by atoms with Gasteiger partial charge >= 0.3 is 0 Å². The highest BCUT2D eigenvalue weighted by atomic mass is 19.1. The second-order valence-corrected chi connectivity index (χ2v) is 3.99. The third kappa shape index (κ3) is 2.83. The topological polar surface area (TPSA) is 42.2 Å². The van der Waals surface area contributed by atoms with Crippen LogP contribution in [0.3, 0.4) is 0 Å². The van der Waals surface area contributed by atoms with Gasteiger partial charge in [-0.25, -0.2) is 4.39 Å². The van der Waals surface area contributed by atoms with Crippen molar-refractivity contribution >= 4 is 0 Å². The second-order valence-electron chi connectivity index (χ2n) is 3.99. The number of aryl methyl sites for hydroxylation is 1. The Hall–Kier alpha value is -2.54. The Morgan fingerprint density at radius 2 is 1.84 bits per heavy atom. The fourth-order valence-corrected chi connectivity index (χ4v) is 1.61. The number of hydrogen-bond acceptors (Lipinski definition) is 3. The summed E-state index contributed by atoms with van der Waals surface area (Å²) in [7, 11) is 1.53. The number of methoxy groups -OCH3 is 1. The summed E-state index contributed by atoms with van der Waals surface area (Å²) in [4.78, 5) is 0. The maximum absolute atomic E-state index is 13.2. The van der Waals surface area contributed by atoms with Crippen LogP contribution in [0.2, 0.25) is 0 Å². The first-order valence-corrected chi connectivity index (χ1v) is 5.66.